The van der Waals surface area contributed by atoms with Gasteiger partial charge in [0.1, 0.15) is 5.54 Å². The molecule has 0 saturated carbocycles. The van der Waals surface area contributed by atoms with Gasteiger partial charge in [-0.1, -0.05) is 24.3 Å². The first kappa shape index (κ1) is 19.7. The zero-order valence-corrected chi connectivity index (χ0v) is 18.7. The van der Waals surface area contributed by atoms with Crippen LogP contribution in [-0.4, -0.2) is 41.8 Å². The molecule has 0 unspecified atom stereocenters. The number of benzene rings is 2. The van der Waals surface area contributed by atoms with Gasteiger partial charge in [-0.15, -0.1) is 0 Å². The summed E-state index contributed by atoms with van der Waals surface area (Å²) in [7, 11) is 0. The summed E-state index contributed by atoms with van der Waals surface area (Å²) in [5, 5.41) is 0. The minimum Gasteiger partial charge on any atom is -0.310 e. The molecule has 4 aliphatic heterocycles. The number of carbonyl (C=O) groups is 3. The Labute approximate surface area is 187 Å². The first-order valence-electron chi connectivity index (χ1n) is 11.6. The van der Waals surface area contributed by atoms with Gasteiger partial charge in [-0.3, -0.25) is 19.3 Å². The fourth-order valence-electron chi connectivity index (χ4n) is 6.99. The van der Waals surface area contributed by atoms with Gasteiger partial charge in [-0.25, -0.2) is 4.90 Å². The fourth-order valence-corrected chi connectivity index (χ4v) is 6.99. The monoisotopic (exact) mass is 429 g/mol. The fraction of sp³-hybridized carbons (Fsp3) is 0.423. The van der Waals surface area contributed by atoms with E-state index in [2.05, 4.69) is 4.90 Å². The summed E-state index contributed by atoms with van der Waals surface area (Å²) >= 11 is 0. The van der Waals surface area contributed by atoms with Gasteiger partial charge in [0, 0.05) is 23.8 Å². The van der Waals surface area contributed by atoms with Crippen LogP contribution in [-0.2, 0) is 19.9 Å². The average Bonchev–Trinajstić information content (AvgIpc) is 3.45. The zero-order valence-electron chi connectivity index (χ0n) is 18.7. The second-order valence-corrected chi connectivity index (χ2v) is 9.60. The first-order valence-corrected chi connectivity index (χ1v) is 11.6. The number of fused-ring (bicyclic) bond motifs is 7. The van der Waals surface area contributed by atoms with Crippen LogP contribution in [0.5, 0.6) is 0 Å². The highest BCUT2D eigenvalue weighted by Gasteiger charge is 2.75. The number of likely N-dealkylation sites (N-methyl/N-ethyl adjacent to an activating group) is 1. The highest BCUT2D eigenvalue weighted by Crippen LogP contribution is 2.61. The van der Waals surface area contributed by atoms with Gasteiger partial charge in [-0.2, -0.15) is 0 Å². The summed E-state index contributed by atoms with van der Waals surface area (Å²) in [6.07, 6.45) is 1.77. The van der Waals surface area contributed by atoms with Crippen LogP contribution in [0.15, 0.2) is 42.5 Å². The van der Waals surface area contributed by atoms with Crippen LogP contribution in [0, 0.1) is 25.7 Å². The lowest BCUT2D eigenvalue weighted by Crippen LogP contribution is -2.56. The number of amides is 3. The Balaban J connectivity index is 1.57. The van der Waals surface area contributed by atoms with Crippen molar-refractivity contribution < 1.29 is 14.4 Å². The van der Waals surface area contributed by atoms with Crippen molar-refractivity contribution in [3.63, 3.8) is 0 Å². The third-order valence-electron chi connectivity index (χ3n) is 7.93. The molecule has 0 bridgehead atoms. The number of nitrogens with zero attached hydrogens (tertiary/aromatic N) is 3. The van der Waals surface area contributed by atoms with Crippen LogP contribution in [0.2, 0.25) is 0 Å². The molecule has 32 heavy (non-hydrogen) atoms. The molecule has 6 nitrogen and oxygen atoms in total. The van der Waals surface area contributed by atoms with Crippen LogP contribution in [0.4, 0.5) is 11.4 Å². The molecule has 4 atom stereocenters. The lowest BCUT2D eigenvalue weighted by atomic mass is 9.75. The summed E-state index contributed by atoms with van der Waals surface area (Å²) in [5.41, 5.74) is 3.31. The minimum atomic E-state index is -1.08. The van der Waals surface area contributed by atoms with Gasteiger partial charge in [0.05, 0.1) is 17.5 Å². The highest BCUT2D eigenvalue weighted by molar-refractivity contribution is 6.26. The maximum absolute atomic E-state index is 14.1. The van der Waals surface area contributed by atoms with Crippen molar-refractivity contribution in [3.05, 3.63) is 59.2 Å². The molecule has 3 fully saturated rings. The van der Waals surface area contributed by atoms with Crippen molar-refractivity contribution in [2.45, 2.75) is 45.2 Å². The molecule has 3 saturated heterocycles. The molecule has 2 aromatic carbocycles. The van der Waals surface area contributed by atoms with E-state index in [9.17, 15) is 14.4 Å². The van der Waals surface area contributed by atoms with Crippen LogP contribution in [0.25, 0.3) is 0 Å². The minimum absolute atomic E-state index is 0.0518. The summed E-state index contributed by atoms with van der Waals surface area (Å²) in [6, 6.07) is 13.6. The summed E-state index contributed by atoms with van der Waals surface area (Å²) in [6.45, 7) is 7.18. The Morgan fingerprint density at radius 3 is 2.44 bits per heavy atom. The predicted octanol–water partition coefficient (Wildman–Crippen LogP) is 3.15. The van der Waals surface area contributed by atoms with E-state index in [4.69, 9.17) is 0 Å². The summed E-state index contributed by atoms with van der Waals surface area (Å²) in [4.78, 5) is 47.4. The van der Waals surface area contributed by atoms with E-state index in [1.54, 1.807) is 4.90 Å². The van der Waals surface area contributed by atoms with Gasteiger partial charge in [0.15, 0.2) is 0 Å². The van der Waals surface area contributed by atoms with E-state index in [-0.39, 0.29) is 23.8 Å². The van der Waals surface area contributed by atoms with Crippen molar-refractivity contribution in [1.29, 1.82) is 0 Å². The van der Waals surface area contributed by atoms with Gasteiger partial charge >= 0.3 is 0 Å². The molecule has 6 rings (SSSR count). The van der Waals surface area contributed by atoms with Crippen LogP contribution in [0.3, 0.4) is 0 Å². The third kappa shape index (κ3) is 2.16. The van der Waals surface area contributed by atoms with E-state index in [1.807, 2.05) is 63.2 Å². The molecule has 2 aromatic rings. The smallest absolute Gasteiger partial charge is 0.253 e. The third-order valence-corrected chi connectivity index (χ3v) is 7.93. The number of carbonyl (C=O) groups excluding carboxylic acids is 3. The number of anilines is 2. The Kier molecular flexibility index (Phi) is 4.01. The average molecular weight is 430 g/mol. The van der Waals surface area contributed by atoms with E-state index in [0.29, 0.717) is 12.2 Å². The van der Waals surface area contributed by atoms with E-state index in [1.165, 1.54) is 4.90 Å². The Morgan fingerprint density at radius 1 is 1.00 bits per heavy atom. The number of aryl methyl sites for hydroxylation is 2. The van der Waals surface area contributed by atoms with Gasteiger partial charge in [0.2, 0.25) is 11.8 Å². The van der Waals surface area contributed by atoms with E-state index in [0.717, 1.165) is 41.8 Å². The number of para-hydroxylation sites is 1. The standard InChI is InChI=1S/C26H27N3O3/c1-4-27-19-9-6-5-8-18(19)26(25(27)32)22-21(20-10-7-11-28(20)26)23(30)29(24(22)31)17-13-15(2)12-16(3)14-17/h5-6,8-9,12-14,20-22H,4,7,10-11H2,1-3H3/t20-,21-,22+,26+/m1/s1. The van der Waals surface area contributed by atoms with Gasteiger partial charge in [-0.05, 0) is 69.5 Å². The maximum atomic E-state index is 14.1. The SMILES string of the molecule is CCN1C(=O)[C@]2(c3ccccc31)[C@@H]1C(=O)N(c3cc(C)cc(C)c3)C(=O)[C@@H]1[C@H]1CCCN12. The molecule has 0 N–H and O–H groups in total. The first-order chi connectivity index (χ1) is 15.4. The zero-order chi connectivity index (χ0) is 22.4. The molecule has 1 spiro atoms. The lowest BCUT2D eigenvalue weighted by Gasteiger charge is -2.37. The quantitative estimate of drug-likeness (QED) is 0.688. The number of hydrogen-bond donors (Lipinski definition) is 0. The molecule has 0 aromatic heterocycles. The second kappa shape index (κ2) is 6.51. The summed E-state index contributed by atoms with van der Waals surface area (Å²) in [5.74, 6) is -1.62. The number of imide groups is 1. The second-order valence-electron chi connectivity index (χ2n) is 9.60. The van der Waals surface area contributed by atoms with Crippen molar-refractivity contribution in [1.82, 2.24) is 4.90 Å². The van der Waals surface area contributed by atoms with Crippen molar-refractivity contribution in [3.8, 4) is 0 Å². The van der Waals surface area contributed by atoms with Gasteiger partial charge in [0.25, 0.3) is 5.91 Å². The molecule has 4 heterocycles. The molecule has 0 radical (unpaired) electrons. The van der Waals surface area contributed by atoms with Crippen molar-refractivity contribution in [2.24, 2.45) is 11.8 Å². The highest BCUT2D eigenvalue weighted by atomic mass is 16.2. The molecular formula is C26H27N3O3. The predicted molar refractivity (Wildman–Crippen MR) is 121 cm³/mol. The van der Waals surface area contributed by atoms with Crippen molar-refractivity contribution >= 4 is 29.1 Å². The van der Waals surface area contributed by atoms with E-state index < -0.39 is 17.4 Å². The molecular weight excluding hydrogens is 402 g/mol. The molecule has 4 aliphatic rings. The normalized spacial score (nSPS) is 31.1. The van der Waals surface area contributed by atoms with E-state index >= 15 is 0 Å². The molecule has 0 aliphatic carbocycles. The van der Waals surface area contributed by atoms with Crippen LogP contribution >= 0.6 is 0 Å². The van der Waals surface area contributed by atoms with Gasteiger partial charge < -0.3 is 4.90 Å². The van der Waals surface area contributed by atoms with Crippen LogP contribution in [0.1, 0.15) is 36.5 Å². The Hall–Kier alpha value is -2.99. The topological polar surface area (TPSA) is 60.9 Å². The number of hydrogen-bond acceptors (Lipinski definition) is 4. The Bertz CT molecular complexity index is 1170. The maximum Gasteiger partial charge on any atom is 0.253 e. The summed E-state index contributed by atoms with van der Waals surface area (Å²) < 4.78 is 0. The number of rotatable bonds is 2. The Morgan fingerprint density at radius 2 is 1.72 bits per heavy atom. The molecule has 3 amide bonds. The van der Waals surface area contributed by atoms with Crippen LogP contribution < -0.4 is 9.80 Å². The molecule has 164 valence electrons. The molecule has 6 heteroatoms. The lowest BCUT2D eigenvalue weighted by molar-refractivity contribution is -0.137. The largest absolute Gasteiger partial charge is 0.310 e. The van der Waals surface area contributed by atoms with Crippen molar-refractivity contribution in [2.75, 3.05) is 22.9 Å².